The predicted octanol–water partition coefficient (Wildman–Crippen LogP) is 5.45. The number of aromatic nitrogens is 1. The standard InChI is InChI=1S/C25H21NO2/c27-25(28-19-21-11-5-2-6-12-21)16-15-22-18-26(17-20-9-3-1-4-10-20)24-14-8-7-13-23(22)24/h1-16,18H,17,19H2/b16-15+. The fourth-order valence-corrected chi connectivity index (χ4v) is 3.25. The molecule has 0 aliphatic heterocycles. The molecule has 28 heavy (non-hydrogen) atoms. The van der Waals surface area contributed by atoms with Gasteiger partial charge in [0.1, 0.15) is 6.61 Å². The zero-order chi connectivity index (χ0) is 19.2. The number of ether oxygens (including phenoxy) is 1. The van der Waals surface area contributed by atoms with Crippen LogP contribution in [0, 0.1) is 0 Å². The minimum absolute atomic E-state index is 0.278. The number of carbonyl (C=O) groups is 1. The van der Waals surface area contributed by atoms with E-state index < -0.39 is 0 Å². The second-order valence-corrected chi connectivity index (χ2v) is 6.64. The molecule has 0 saturated carbocycles. The lowest BCUT2D eigenvalue weighted by atomic mass is 10.1. The van der Waals surface area contributed by atoms with Crippen molar-refractivity contribution < 1.29 is 9.53 Å². The zero-order valence-electron chi connectivity index (χ0n) is 15.5. The van der Waals surface area contributed by atoms with Gasteiger partial charge in [-0.25, -0.2) is 4.79 Å². The van der Waals surface area contributed by atoms with Crippen LogP contribution in [0.5, 0.6) is 0 Å². The number of hydrogen-bond donors (Lipinski definition) is 0. The summed E-state index contributed by atoms with van der Waals surface area (Å²) in [4.78, 5) is 12.1. The molecule has 1 aromatic heterocycles. The minimum Gasteiger partial charge on any atom is -0.458 e. The maximum atomic E-state index is 12.1. The molecule has 3 nitrogen and oxygen atoms in total. The summed E-state index contributed by atoms with van der Waals surface area (Å²) < 4.78 is 7.54. The quantitative estimate of drug-likeness (QED) is 0.335. The Morgan fingerprint density at radius 1 is 0.821 bits per heavy atom. The number of hydrogen-bond acceptors (Lipinski definition) is 2. The van der Waals surface area contributed by atoms with E-state index >= 15 is 0 Å². The molecule has 0 bridgehead atoms. The van der Waals surface area contributed by atoms with Crippen molar-refractivity contribution in [3.8, 4) is 0 Å². The van der Waals surface area contributed by atoms with Crippen LogP contribution in [0.2, 0.25) is 0 Å². The van der Waals surface area contributed by atoms with Crippen LogP contribution in [0.15, 0.2) is 97.2 Å². The Hall–Kier alpha value is -3.59. The third-order valence-corrected chi connectivity index (χ3v) is 4.64. The Balaban J connectivity index is 1.52. The van der Waals surface area contributed by atoms with Gasteiger partial charge in [0.15, 0.2) is 0 Å². The second-order valence-electron chi connectivity index (χ2n) is 6.64. The number of benzene rings is 3. The lowest BCUT2D eigenvalue weighted by Gasteiger charge is -2.05. The molecule has 138 valence electrons. The molecule has 1 heterocycles. The van der Waals surface area contributed by atoms with Gasteiger partial charge in [0.25, 0.3) is 0 Å². The molecule has 0 aliphatic carbocycles. The van der Waals surface area contributed by atoms with Crippen LogP contribution in [0.1, 0.15) is 16.7 Å². The van der Waals surface area contributed by atoms with Crippen molar-refractivity contribution in [2.75, 3.05) is 0 Å². The summed E-state index contributed by atoms with van der Waals surface area (Å²) >= 11 is 0. The zero-order valence-corrected chi connectivity index (χ0v) is 15.5. The van der Waals surface area contributed by atoms with Crippen molar-refractivity contribution in [2.24, 2.45) is 0 Å². The molecule has 0 aliphatic rings. The van der Waals surface area contributed by atoms with Crippen molar-refractivity contribution in [1.29, 1.82) is 0 Å². The van der Waals surface area contributed by atoms with Crippen LogP contribution < -0.4 is 0 Å². The molecule has 4 aromatic rings. The van der Waals surface area contributed by atoms with E-state index in [4.69, 9.17) is 4.74 Å². The first kappa shape index (κ1) is 17.8. The highest BCUT2D eigenvalue weighted by Crippen LogP contribution is 2.23. The number of rotatable bonds is 6. The van der Waals surface area contributed by atoms with Crippen molar-refractivity contribution in [1.82, 2.24) is 4.57 Å². The van der Waals surface area contributed by atoms with Gasteiger partial charge < -0.3 is 9.30 Å². The van der Waals surface area contributed by atoms with Crippen LogP contribution in [0.4, 0.5) is 0 Å². The third kappa shape index (κ3) is 4.21. The molecule has 3 heteroatoms. The Kier molecular flexibility index (Phi) is 5.34. The van der Waals surface area contributed by atoms with E-state index in [9.17, 15) is 4.79 Å². The molecule has 0 N–H and O–H groups in total. The van der Waals surface area contributed by atoms with Crippen molar-refractivity contribution in [3.05, 3.63) is 114 Å². The SMILES string of the molecule is O=C(/C=C/c1cn(Cc2ccccc2)c2ccccc12)OCc1ccccc1. The highest BCUT2D eigenvalue weighted by atomic mass is 16.5. The maximum Gasteiger partial charge on any atom is 0.331 e. The molecule has 3 aromatic carbocycles. The van der Waals surface area contributed by atoms with Gasteiger partial charge >= 0.3 is 5.97 Å². The Morgan fingerprint density at radius 3 is 2.21 bits per heavy atom. The molecule has 0 fully saturated rings. The number of esters is 1. The van der Waals surface area contributed by atoms with Gasteiger partial charge in [-0.2, -0.15) is 0 Å². The lowest BCUT2D eigenvalue weighted by Crippen LogP contribution is -2.00. The summed E-state index contributed by atoms with van der Waals surface area (Å²) in [5.41, 5.74) is 4.36. The molecule has 0 amide bonds. The van der Waals surface area contributed by atoms with E-state index in [0.29, 0.717) is 0 Å². The van der Waals surface area contributed by atoms with E-state index in [-0.39, 0.29) is 12.6 Å². The minimum atomic E-state index is -0.344. The summed E-state index contributed by atoms with van der Waals surface area (Å²) in [6, 6.07) is 28.2. The lowest BCUT2D eigenvalue weighted by molar-refractivity contribution is -0.138. The maximum absolute atomic E-state index is 12.1. The Bertz CT molecular complexity index is 1100. The largest absolute Gasteiger partial charge is 0.458 e. The first-order valence-corrected chi connectivity index (χ1v) is 9.30. The van der Waals surface area contributed by atoms with Gasteiger partial charge in [-0.1, -0.05) is 78.9 Å². The molecule has 0 radical (unpaired) electrons. The van der Waals surface area contributed by atoms with Crippen LogP contribution in [0.25, 0.3) is 17.0 Å². The summed E-state index contributed by atoms with van der Waals surface area (Å²) in [6.07, 6.45) is 5.41. The number of nitrogens with zero attached hydrogens (tertiary/aromatic N) is 1. The summed E-state index contributed by atoms with van der Waals surface area (Å²) in [5.74, 6) is -0.344. The average Bonchev–Trinajstić information content (AvgIpc) is 3.10. The van der Waals surface area contributed by atoms with Crippen LogP contribution >= 0.6 is 0 Å². The van der Waals surface area contributed by atoms with Gasteiger partial charge in [0, 0.05) is 35.3 Å². The molecular weight excluding hydrogens is 346 g/mol. The molecule has 0 atom stereocenters. The van der Waals surface area contributed by atoms with Gasteiger partial charge in [-0.15, -0.1) is 0 Å². The summed E-state index contributed by atoms with van der Waals surface area (Å²) in [7, 11) is 0. The normalized spacial score (nSPS) is 11.1. The van der Waals surface area contributed by atoms with Crippen LogP contribution in [-0.4, -0.2) is 10.5 Å². The van der Waals surface area contributed by atoms with E-state index in [1.54, 1.807) is 0 Å². The van der Waals surface area contributed by atoms with E-state index in [2.05, 4.69) is 35.0 Å². The fraction of sp³-hybridized carbons (Fsp3) is 0.0800. The van der Waals surface area contributed by atoms with Gasteiger partial charge in [0.2, 0.25) is 0 Å². The second kappa shape index (κ2) is 8.40. The number of fused-ring (bicyclic) bond motifs is 1. The summed E-state index contributed by atoms with van der Waals surface area (Å²) in [6.45, 7) is 1.06. The summed E-state index contributed by atoms with van der Waals surface area (Å²) in [5, 5.41) is 1.12. The molecule has 0 unspecified atom stereocenters. The smallest absolute Gasteiger partial charge is 0.331 e. The topological polar surface area (TPSA) is 31.2 Å². The monoisotopic (exact) mass is 367 g/mol. The molecule has 0 saturated heterocycles. The van der Waals surface area contributed by atoms with Crippen molar-refractivity contribution in [3.63, 3.8) is 0 Å². The third-order valence-electron chi connectivity index (χ3n) is 4.64. The first-order chi connectivity index (χ1) is 13.8. The molecule has 0 spiro atoms. The van der Waals surface area contributed by atoms with Gasteiger partial charge in [-0.3, -0.25) is 0 Å². The van der Waals surface area contributed by atoms with Gasteiger partial charge in [0.05, 0.1) is 0 Å². The number of para-hydroxylation sites is 1. The van der Waals surface area contributed by atoms with E-state index in [0.717, 1.165) is 28.6 Å². The van der Waals surface area contributed by atoms with Crippen molar-refractivity contribution >= 4 is 22.9 Å². The molecule has 4 rings (SSSR count). The van der Waals surface area contributed by atoms with E-state index in [1.165, 1.54) is 11.6 Å². The Morgan fingerprint density at radius 2 is 1.46 bits per heavy atom. The van der Waals surface area contributed by atoms with Crippen LogP contribution in [-0.2, 0) is 22.7 Å². The van der Waals surface area contributed by atoms with Crippen LogP contribution in [0.3, 0.4) is 0 Å². The van der Waals surface area contributed by atoms with E-state index in [1.807, 2.05) is 66.7 Å². The fourth-order valence-electron chi connectivity index (χ4n) is 3.25. The highest BCUT2D eigenvalue weighted by molar-refractivity contribution is 5.94. The first-order valence-electron chi connectivity index (χ1n) is 9.30. The Labute approximate surface area is 164 Å². The molecular formula is C25H21NO2. The van der Waals surface area contributed by atoms with Crippen molar-refractivity contribution in [2.45, 2.75) is 13.2 Å². The highest BCUT2D eigenvalue weighted by Gasteiger charge is 2.07. The predicted molar refractivity (Wildman–Crippen MR) is 113 cm³/mol. The number of carbonyl (C=O) groups excluding carboxylic acids is 1. The average molecular weight is 367 g/mol. The van der Waals surface area contributed by atoms with Gasteiger partial charge in [-0.05, 0) is 23.3 Å².